The number of nitrogens with one attached hydrogen (secondary N) is 1. The van der Waals surface area contributed by atoms with E-state index in [2.05, 4.69) is 10.4 Å². The average molecular weight is 341 g/mol. The summed E-state index contributed by atoms with van der Waals surface area (Å²) in [7, 11) is 0. The van der Waals surface area contributed by atoms with Crippen molar-refractivity contribution in [3.8, 4) is 11.4 Å². The van der Waals surface area contributed by atoms with E-state index < -0.39 is 6.10 Å². The van der Waals surface area contributed by atoms with Crippen molar-refractivity contribution >= 4 is 0 Å². The Bertz CT molecular complexity index is 758. The van der Waals surface area contributed by atoms with Crippen molar-refractivity contribution in [1.29, 1.82) is 0 Å². The Labute approximate surface area is 145 Å². The summed E-state index contributed by atoms with van der Waals surface area (Å²) in [6.45, 7) is 1.20. The standard InChI is InChI=1S/C19H20FN3O2/c20-16-4-8-19(9-5-16)25-14-18(24)13-21-12-15-2-6-17(7-3-15)23-11-1-10-22-23/h1-11,18,21,24H,12-14H2. The molecule has 1 unspecified atom stereocenters. The third-order valence-corrected chi connectivity index (χ3v) is 3.67. The van der Waals surface area contributed by atoms with Gasteiger partial charge < -0.3 is 15.2 Å². The van der Waals surface area contributed by atoms with E-state index >= 15 is 0 Å². The molecule has 5 nitrogen and oxygen atoms in total. The molecule has 3 aromatic rings. The molecule has 1 heterocycles. The summed E-state index contributed by atoms with van der Waals surface area (Å²) in [6.07, 6.45) is 2.99. The summed E-state index contributed by atoms with van der Waals surface area (Å²) in [6, 6.07) is 15.6. The molecule has 2 aromatic carbocycles. The Morgan fingerprint density at radius 1 is 1.12 bits per heavy atom. The maximum atomic E-state index is 12.8. The van der Waals surface area contributed by atoms with Crippen molar-refractivity contribution < 1.29 is 14.2 Å². The Morgan fingerprint density at radius 3 is 2.56 bits per heavy atom. The number of aliphatic hydroxyl groups excluding tert-OH is 1. The molecule has 3 rings (SSSR count). The Hall–Kier alpha value is -2.70. The van der Waals surface area contributed by atoms with Crippen LogP contribution in [-0.2, 0) is 6.54 Å². The lowest BCUT2D eigenvalue weighted by Crippen LogP contribution is -2.31. The number of benzene rings is 2. The lowest BCUT2D eigenvalue weighted by atomic mass is 10.2. The van der Waals surface area contributed by atoms with E-state index in [-0.39, 0.29) is 12.4 Å². The Balaban J connectivity index is 1.39. The molecule has 0 saturated heterocycles. The highest BCUT2D eigenvalue weighted by molar-refractivity contribution is 5.33. The van der Waals surface area contributed by atoms with Gasteiger partial charge in [0.25, 0.3) is 0 Å². The molecule has 0 spiro atoms. The average Bonchev–Trinajstić information content (AvgIpc) is 3.16. The van der Waals surface area contributed by atoms with Gasteiger partial charge in [0.2, 0.25) is 0 Å². The van der Waals surface area contributed by atoms with Crippen LogP contribution in [0.2, 0.25) is 0 Å². The third kappa shape index (κ3) is 5.14. The minimum atomic E-state index is -0.645. The monoisotopic (exact) mass is 341 g/mol. The number of halogens is 1. The molecule has 130 valence electrons. The molecule has 25 heavy (non-hydrogen) atoms. The van der Waals surface area contributed by atoms with Gasteiger partial charge in [-0.3, -0.25) is 0 Å². The molecule has 0 aliphatic heterocycles. The maximum Gasteiger partial charge on any atom is 0.123 e. The van der Waals surface area contributed by atoms with E-state index in [1.165, 1.54) is 24.3 Å². The van der Waals surface area contributed by atoms with Gasteiger partial charge in [0, 0.05) is 25.5 Å². The van der Waals surface area contributed by atoms with Crippen LogP contribution in [0.4, 0.5) is 4.39 Å². The zero-order chi connectivity index (χ0) is 17.5. The number of hydrogen-bond donors (Lipinski definition) is 2. The number of aromatic nitrogens is 2. The smallest absolute Gasteiger partial charge is 0.123 e. The maximum absolute atomic E-state index is 12.8. The van der Waals surface area contributed by atoms with E-state index in [9.17, 15) is 9.50 Å². The van der Waals surface area contributed by atoms with Gasteiger partial charge in [0.15, 0.2) is 0 Å². The number of aliphatic hydroxyl groups is 1. The van der Waals surface area contributed by atoms with Crippen LogP contribution in [0.3, 0.4) is 0 Å². The van der Waals surface area contributed by atoms with E-state index in [1.807, 2.05) is 36.5 Å². The molecule has 0 fully saturated rings. The minimum absolute atomic E-state index is 0.150. The van der Waals surface area contributed by atoms with Crippen LogP contribution in [0, 0.1) is 5.82 Å². The lowest BCUT2D eigenvalue weighted by Gasteiger charge is -2.13. The normalized spacial score (nSPS) is 12.1. The number of rotatable bonds is 8. The fraction of sp³-hybridized carbons (Fsp3) is 0.211. The molecule has 2 N–H and O–H groups in total. The van der Waals surface area contributed by atoms with Crippen molar-refractivity contribution in [2.24, 2.45) is 0 Å². The molecule has 1 atom stereocenters. The zero-order valence-electron chi connectivity index (χ0n) is 13.7. The molecule has 1 aromatic heterocycles. The summed E-state index contributed by atoms with van der Waals surface area (Å²) in [4.78, 5) is 0. The predicted molar refractivity (Wildman–Crippen MR) is 93.2 cm³/mol. The number of nitrogens with zero attached hydrogens (tertiary/aromatic N) is 2. The molecule has 0 amide bonds. The summed E-state index contributed by atoms with van der Waals surface area (Å²) >= 11 is 0. The Morgan fingerprint density at radius 2 is 1.88 bits per heavy atom. The van der Waals surface area contributed by atoms with E-state index in [0.717, 1.165) is 11.3 Å². The molecule has 0 radical (unpaired) electrons. The van der Waals surface area contributed by atoms with Crippen LogP contribution in [0.1, 0.15) is 5.56 Å². The van der Waals surface area contributed by atoms with Gasteiger partial charge in [-0.15, -0.1) is 0 Å². The van der Waals surface area contributed by atoms with E-state index in [4.69, 9.17) is 4.74 Å². The van der Waals surface area contributed by atoms with Crippen molar-refractivity contribution in [1.82, 2.24) is 15.1 Å². The quantitative estimate of drug-likeness (QED) is 0.661. The highest BCUT2D eigenvalue weighted by Gasteiger charge is 2.05. The van der Waals surface area contributed by atoms with Gasteiger partial charge in [-0.1, -0.05) is 12.1 Å². The van der Waals surface area contributed by atoms with Gasteiger partial charge >= 0.3 is 0 Å². The minimum Gasteiger partial charge on any atom is -0.491 e. The third-order valence-electron chi connectivity index (χ3n) is 3.67. The van der Waals surface area contributed by atoms with Crippen molar-refractivity contribution in [3.63, 3.8) is 0 Å². The summed E-state index contributed by atoms with van der Waals surface area (Å²) < 4.78 is 20.0. The first-order valence-electron chi connectivity index (χ1n) is 8.07. The SMILES string of the molecule is OC(CNCc1ccc(-n2cccn2)cc1)COc1ccc(F)cc1. The Kier molecular flexibility index (Phi) is 5.77. The second-order valence-electron chi connectivity index (χ2n) is 5.67. The first-order chi connectivity index (χ1) is 12.2. The number of ether oxygens (including phenoxy) is 1. The van der Waals surface area contributed by atoms with Crippen molar-refractivity contribution in [3.05, 3.63) is 78.4 Å². The summed E-state index contributed by atoms with van der Waals surface area (Å²) in [5.41, 5.74) is 2.11. The second kappa shape index (κ2) is 8.41. The molecule has 0 aliphatic rings. The van der Waals surface area contributed by atoms with Gasteiger partial charge in [0.1, 0.15) is 24.3 Å². The van der Waals surface area contributed by atoms with E-state index in [1.54, 1.807) is 10.9 Å². The predicted octanol–water partition coefficient (Wildman–Crippen LogP) is 2.54. The van der Waals surface area contributed by atoms with Crippen LogP contribution < -0.4 is 10.1 Å². The topological polar surface area (TPSA) is 59.3 Å². The highest BCUT2D eigenvalue weighted by Crippen LogP contribution is 2.11. The molecule has 6 heteroatoms. The largest absolute Gasteiger partial charge is 0.491 e. The molecular formula is C19H20FN3O2. The van der Waals surface area contributed by atoms with Crippen LogP contribution >= 0.6 is 0 Å². The fourth-order valence-electron chi connectivity index (χ4n) is 2.35. The molecule has 0 bridgehead atoms. The molecular weight excluding hydrogens is 321 g/mol. The lowest BCUT2D eigenvalue weighted by molar-refractivity contribution is 0.106. The van der Waals surface area contributed by atoms with Gasteiger partial charge in [-0.05, 0) is 48.0 Å². The van der Waals surface area contributed by atoms with Gasteiger partial charge in [-0.25, -0.2) is 9.07 Å². The van der Waals surface area contributed by atoms with Crippen LogP contribution in [-0.4, -0.2) is 34.1 Å². The molecule has 0 saturated carbocycles. The van der Waals surface area contributed by atoms with Crippen LogP contribution in [0.15, 0.2) is 67.0 Å². The van der Waals surface area contributed by atoms with Crippen molar-refractivity contribution in [2.45, 2.75) is 12.6 Å². The summed E-state index contributed by atoms with van der Waals surface area (Å²) in [5, 5.41) is 17.3. The van der Waals surface area contributed by atoms with Crippen molar-refractivity contribution in [2.75, 3.05) is 13.2 Å². The summed E-state index contributed by atoms with van der Waals surface area (Å²) in [5.74, 6) is 0.225. The highest BCUT2D eigenvalue weighted by atomic mass is 19.1. The first kappa shape index (κ1) is 17.1. The number of hydrogen-bond acceptors (Lipinski definition) is 4. The molecule has 0 aliphatic carbocycles. The first-order valence-corrected chi connectivity index (χ1v) is 8.07. The van der Waals surface area contributed by atoms with Crippen LogP contribution in [0.5, 0.6) is 5.75 Å². The van der Waals surface area contributed by atoms with E-state index in [0.29, 0.717) is 18.8 Å². The van der Waals surface area contributed by atoms with Gasteiger partial charge in [-0.2, -0.15) is 5.10 Å². The van der Waals surface area contributed by atoms with Gasteiger partial charge in [0.05, 0.1) is 5.69 Å². The fourth-order valence-corrected chi connectivity index (χ4v) is 2.35. The second-order valence-corrected chi connectivity index (χ2v) is 5.67. The van der Waals surface area contributed by atoms with Crippen LogP contribution in [0.25, 0.3) is 5.69 Å². The zero-order valence-corrected chi connectivity index (χ0v) is 13.7.